The van der Waals surface area contributed by atoms with Gasteiger partial charge in [-0.15, -0.1) is 0 Å². The van der Waals surface area contributed by atoms with Crippen molar-refractivity contribution in [3.63, 3.8) is 0 Å². The second-order valence-electron chi connectivity index (χ2n) is 4.39. The van der Waals surface area contributed by atoms with Crippen LogP contribution >= 0.6 is 0 Å². The minimum Gasteiger partial charge on any atom is -0.449 e. The number of benzene rings is 1. The van der Waals surface area contributed by atoms with E-state index in [0.29, 0.717) is 11.4 Å². The van der Waals surface area contributed by atoms with Crippen LogP contribution in [0.5, 0.6) is 5.75 Å². The summed E-state index contributed by atoms with van der Waals surface area (Å²) >= 11 is 0. The molecule has 120 valence electrons. The molecule has 0 saturated heterocycles. The molecule has 0 unspecified atom stereocenters. The van der Waals surface area contributed by atoms with Crippen molar-refractivity contribution in [2.45, 2.75) is 6.92 Å². The molecule has 2 aromatic rings. The van der Waals surface area contributed by atoms with Gasteiger partial charge in [0.15, 0.2) is 0 Å². The van der Waals surface area contributed by atoms with Gasteiger partial charge in [-0.05, 0) is 42.8 Å². The Balaban J connectivity index is 1.92. The minimum absolute atomic E-state index is 0.276. The second-order valence-corrected chi connectivity index (χ2v) is 4.39. The number of ether oxygens (including phenoxy) is 2. The molecule has 1 amide bonds. The van der Waals surface area contributed by atoms with Gasteiger partial charge in [0, 0.05) is 13.2 Å². The topological polar surface area (TPSA) is 94.8 Å². The number of amides is 1. The number of hydrogen-bond donors (Lipinski definition) is 1. The third-order valence-corrected chi connectivity index (χ3v) is 2.77. The summed E-state index contributed by atoms with van der Waals surface area (Å²) in [5, 5.41) is 7.64. The van der Waals surface area contributed by atoms with Gasteiger partial charge in [0.2, 0.25) is 0 Å². The largest absolute Gasteiger partial charge is 0.449 e. The highest BCUT2D eigenvalue weighted by molar-refractivity contribution is 5.89. The van der Waals surface area contributed by atoms with Crippen molar-refractivity contribution in [3.05, 3.63) is 47.8 Å². The lowest BCUT2D eigenvalue weighted by Crippen LogP contribution is -2.18. The van der Waals surface area contributed by atoms with E-state index in [1.54, 1.807) is 44.3 Å². The van der Waals surface area contributed by atoms with Crippen molar-refractivity contribution in [3.8, 4) is 5.75 Å². The molecule has 8 nitrogen and oxygen atoms in total. The molecule has 1 aromatic carbocycles. The number of nitrogens with zero attached hydrogens (tertiary/aromatic N) is 3. The normalized spacial score (nSPS) is 10.5. The van der Waals surface area contributed by atoms with Crippen molar-refractivity contribution >= 4 is 18.3 Å². The Bertz CT molecular complexity index is 707. The van der Waals surface area contributed by atoms with Crippen molar-refractivity contribution < 1.29 is 19.1 Å². The van der Waals surface area contributed by atoms with Gasteiger partial charge in [0.05, 0.1) is 12.8 Å². The summed E-state index contributed by atoms with van der Waals surface area (Å²) in [6.45, 7) is 1.98. The van der Waals surface area contributed by atoms with Gasteiger partial charge in [-0.1, -0.05) is 0 Å². The van der Waals surface area contributed by atoms with E-state index in [-0.39, 0.29) is 6.61 Å². The molecular weight excluding hydrogens is 300 g/mol. The van der Waals surface area contributed by atoms with Gasteiger partial charge in [-0.2, -0.15) is 10.2 Å². The highest BCUT2D eigenvalue weighted by Gasteiger charge is 2.12. The van der Waals surface area contributed by atoms with E-state index in [9.17, 15) is 9.59 Å². The standard InChI is InChI=1S/C15H16N4O4/c1-3-22-15(21)18-16-10-11-4-6-12(7-5-11)23-14(20)13-8-9-17-19(13)2/h4-10H,3H2,1-2H3,(H,18,21)/b16-10+. The Morgan fingerprint density at radius 3 is 2.65 bits per heavy atom. The summed E-state index contributed by atoms with van der Waals surface area (Å²) in [7, 11) is 1.66. The summed E-state index contributed by atoms with van der Waals surface area (Å²) in [6.07, 6.45) is 2.35. The Kier molecular flexibility index (Phi) is 5.45. The summed E-state index contributed by atoms with van der Waals surface area (Å²) < 4.78 is 11.3. The van der Waals surface area contributed by atoms with E-state index in [1.165, 1.54) is 17.1 Å². The number of aryl methyl sites for hydroxylation is 1. The predicted octanol–water partition coefficient (Wildman–Crippen LogP) is 1.72. The molecular formula is C15H16N4O4. The Labute approximate surface area is 132 Å². The van der Waals surface area contributed by atoms with Crippen molar-refractivity contribution in [1.29, 1.82) is 0 Å². The molecule has 8 heteroatoms. The Morgan fingerprint density at radius 1 is 1.30 bits per heavy atom. The first-order valence-corrected chi connectivity index (χ1v) is 6.86. The number of rotatable bonds is 5. The molecule has 0 aliphatic heterocycles. The number of nitrogens with one attached hydrogen (secondary N) is 1. The maximum Gasteiger partial charge on any atom is 0.427 e. The third-order valence-electron chi connectivity index (χ3n) is 2.77. The van der Waals surface area contributed by atoms with Gasteiger partial charge in [-0.3, -0.25) is 4.68 Å². The number of aromatic nitrogens is 2. The van der Waals surface area contributed by atoms with Crippen LogP contribution in [-0.4, -0.2) is 34.7 Å². The number of hydrogen-bond acceptors (Lipinski definition) is 6. The van der Waals surface area contributed by atoms with Crippen molar-refractivity contribution in [2.24, 2.45) is 12.1 Å². The van der Waals surface area contributed by atoms with Crippen LogP contribution in [0.1, 0.15) is 23.0 Å². The maximum atomic E-state index is 11.9. The monoisotopic (exact) mass is 316 g/mol. The lowest BCUT2D eigenvalue weighted by Gasteiger charge is -2.04. The van der Waals surface area contributed by atoms with Crippen LogP contribution in [0.15, 0.2) is 41.6 Å². The average Bonchev–Trinajstić information content (AvgIpc) is 2.95. The Hall–Kier alpha value is -3.16. The first-order chi connectivity index (χ1) is 11.1. The highest BCUT2D eigenvalue weighted by Crippen LogP contribution is 2.13. The molecule has 2 rings (SSSR count). The minimum atomic E-state index is -0.620. The maximum absolute atomic E-state index is 11.9. The number of hydrazone groups is 1. The predicted molar refractivity (Wildman–Crippen MR) is 82.4 cm³/mol. The van der Waals surface area contributed by atoms with Crippen LogP contribution in [0.25, 0.3) is 0 Å². The molecule has 0 fully saturated rings. The van der Waals surface area contributed by atoms with Crippen molar-refractivity contribution in [1.82, 2.24) is 15.2 Å². The van der Waals surface area contributed by atoms with Crippen LogP contribution < -0.4 is 10.2 Å². The first-order valence-electron chi connectivity index (χ1n) is 6.86. The molecule has 1 aromatic heterocycles. The second kappa shape index (κ2) is 7.74. The van der Waals surface area contributed by atoms with Crippen molar-refractivity contribution in [2.75, 3.05) is 6.61 Å². The summed E-state index contributed by atoms with van der Waals surface area (Å²) in [5.74, 6) is -0.0953. The fraction of sp³-hybridized carbons (Fsp3) is 0.200. The zero-order chi connectivity index (χ0) is 16.7. The highest BCUT2D eigenvalue weighted by atomic mass is 16.6. The summed E-state index contributed by atoms with van der Waals surface area (Å²) in [6, 6.07) is 8.22. The van der Waals surface area contributed by atoms with E-state index in [0.717, 1.165) is 5.56 Å². The fourth-order valence-corrected chi connectivity index (χ4v) is 1.68. The first kappa shape index (κ1) is 16.2. The molecule has 0 aliphatic rings. The zero-order valence-electron chi connectivity index (χ0n) is 12.7. The van der Waals surface area contributed by atoms with Crippen LogP contribution in [0.4, 0.5) is 4.79 Å². The van der Waals surface area contributed by atoms with E-state index in [4.69, 9.17) is 4.74 Å². The molecule has 1 N–H and O–H groups in total. The lowest BCUT2D eigenvalue weighted by atomic mass is 10.2. The fourth-order valence-electron chi connectivity index (χ4n) is 1.68. The summed E-state index contributed by atoms with van der Waals surface area (Å²) in [4.78, 5) is 23.0. The van der Waals surface area contributed by atoms with Gasteiger partial charge >= 0.3 is 12.1 Å². The van der Waals surface area contributed by atoms with Gasteiger partial charge in [0.1, 0.15) is 11.4 Å². The molecule has 0 radical (unpaired) electrons. The average molecular weight is 316 g/mol. The molecule has 0 bridgehead atoms. The van der Waals surface area contributed by atoms with Crippen LogP contribution in [0.2, 0.25) is 0 Å². The molecule has 0 aliphatic carbocycles. The number of esters is 1. The molecule has 0 spiro atoms. The molecule has 23 heavy (non-hydrogen) atoms. The zero-order valence-corrected chi connectivity index (χ0v) is 12.7. The number of carbonyl (C=O) groups is 2. The van der Waals surface area contributed by atoms with E-state index >= 15 is 0 Å². The number of carbonyl (C=O) groups excluding carboxylic acids is 2. The Morgan fingerprint density at radius 2 is 2.04 bits per heavy atom. The summed E-state index contributed by atoms with van der Waals surface area (Å²) in [5.41, 5.74) is 3.30. The molecule has 1 heterocycles. The van der Waals surface area contributed by atoms with Crippen LogP contribution in [-0.2, 0) is 11.8 Å². The van der Waals surface area contributed by atoms with Gasteiger partial charge in [0.25, 0.3) is 0 Å². The van der Waals surface area contributed by atoms with E-state index in [1.807, 2.05) is 0 Å². The van der Waals surface area contributed by atoms with Crippen LogP contribution in [0, 0.1) is 0 Å². The lowest BCUT2D eigenvalue weighted by molar-refractivity contribution is 0.0723. The van der Waals surface area contributed by atoms with E-state index < -0.39 is 12.1 Å². The van der Waals surface area contributed by atoms with Gasteiger partial charge in [-0.25, -0.2) is 15.0 Å². The molecule has 0 saturated carbocycles. The van der Waals surface area contributed by atoms with Crippen LogP contribution in [0.3, 0.4) is 0 Å². The third kappa shape index (κ3) is 4.67. The molecule has 0 atom stereocenters. The smallest absolute Gasteiger partial charge is 0.427 e. The SMILES string of the molecule is CCOC(=O)N/N=C/c1ccc(OC(=O)c2ccnn2C)cc1. The quantitative estimate of drug-likeness (QED) is 0.392. The van der Waals surface area contributed by atoms with E-state index in [2.05, 4.69) is 20.4 Å². The van der Waals surface area contributed by atoms with Gasteiger partial charge < -0.3 is 9.47 Å².